The number of hydrogen-bond donors (Lipinski definition) is 0. The summed E-state index contributed by atoms with van der Waals surface area (Å²) in [6.07, 6.45) is 4.21. The Morgan fingerprint density at radius 2 is 1.90 bits per heavy atom. The molecule has 20 heavy (non-hydrogen) atoms. The molecule has 0 aliphatic carbocycles. The third-order valence-electron chi connectivity index (χ3n) is 3.88. The lowest BCUT2D eigenvalue weighted by molar-refractivity contribution is -0.133. The molecule has 0 N–H and O–H groups in total. The number of ketones is 1. The van der Waals surface area contributed by atoms with Gasteiger partial charge in [-0.2, -0.15) is 0 Å². The molecule has 0 aromatic heterocycles. The molecule has 1 rings (SSSR count). The standard InChI is InChI=1S/C15H27NO4/c1-4-13(17)7-5-6-8-15(18)16-10-14(20-3)9-12(16)11-19-2/h12,14H,4-11H2,1-3H3/t12-,14+/m1/s1. The number of methoxy groups -OCH3 is 2. The lowest BCUT2D eigenvalue weighted by atomic mass is 10.1. The summed E-state index contributed by atoms with van der Waals surface area (Å²) in [6, 6.07) is 0.120. The first-order valence-corrected chi connectivity index (χ1v) is 7.45. The molecule has 1 aliphatic heterocycles. The van der Waals surface area contributed by atoms with Crippen LogP contribution in [-0.4, -0.2) is 56.1 Å². The number of hydrogen-bond acceptors (Lipinski definition) is 4. The molecule has 0 aromatic rings. The van der Waals surface area contributed by atoms with Crippen LogP contribution in [0.3, 0.4) is 0 Å². The van der Waals surface area contributed by atoms with Gasteiger partial charge >= 0.3 is 0 Å². The van der Waals surface area contributed by atoms with Crippen molar-refractivity contribution in [3.63, 3.8) is 0 Å². The van der Waals surface area contributed by atoms with Gasteiger partial charge in [-0.25, -0.2) is 0 Å². The summed E-state index contributed by atoms with van der Waals surface area (Å²) >= 11 is 0. The molecular weight excluding hydrogens is 258 g/mol. The molecule has 5 nitrogen and oxygen atoms in total. The summed E-state index contributed by atoms with van der Waals surface area (Å²) < 4.78 is 10.5. The molecule has 0 radical (unpaired) electrons. The van der Waals surface area contributed by atoms with E-state index >= 15 is 0 Å². The fourth-order valence-corrected chi connectivity index (χ4v) is 2.62. The summed E-state index contributed by atoms with van der Waals surface area (Å²) in [6.45, 7) is 3.08. The van der Waals surface area contributed by atoms with Crippen LogP contribution in [-0.2, 0) is 19.1 Å². The van der Waals surface area contributed by atoms with E-state index in [2.05, 4.69) is 0 Å². The molecule has 0 aromatic carbocycles. The largest absolute Gasteiger partial charge is 0.383 e. The van der Waals surface area contributed by atoms with Crippen molar-refractivity contribution in [3.8, 4) is 0 Å². The zero-order valence-electron chi connectivity index (χ0n) is 12.9. The molecule has 0 spiro atoms. The highest BCUT2D eigenvalue weighted by atomic mass is 16.5. The van der Waals surface area contributed by atoms with Crippen LogP contribution in [0.15, 0.2) is 0 Å². The molecule has 116 valence electrons. The van der Waals surface area contributed by atoms with Gasteiger partial charge in [0, 0.05) is 40.0 Å². The number of unbranched alkanes of at least 4 members (excludes halogenated alkanes) is 1. The Morgan fingerprint density at radius 3 is 2.50 bits per heavy atom. The normalized spacial score (nSPS) is 22.2. The van der Waals surface area contributed by atoms with E-state index in [1.807, 2.05) is 11.8 Å². The summed E-state index contributed by atoms with van der Waals surface area (Å²) in [5, 5.41) is 0. The minimum Gasteiger partial charge on any atom is -0.383 e. The van der Waals surface area contributed by atoms with Crippen LogP contribution in [0.1, 0.15) is 45.4 Å². The van der Waals surface area contributed by atoms with E-state index in [4.69, 9.17) is 9.47 Å². The van der Waals surface area contributed by atoms with Crippen molar-refractivity contribution in [1.29, 1.82) is 0 Å². The van der Waals surface area contributed by atoms with Crippen LogP contribution in [0.2, 0.25) is 0 Å². The topological polar surface area (TPSA) is 55.8 Å². The monoisotopic (exact) mass is 285 g/mol. The van der Waals surface area contributed by atoms with Crippen molar-refractivity contribution in [3.05, 3.63) is 0 Å². The molecule has 0 bridgehead atoms. The predicted octanol–water partition coefficient (Wildman–Crippen LogP) is 1.79. The van der Waals surface area contributed by atoms with E-state index < -0.39 is 0 Å². The van der Waals surface area contributed by atoms with Crippen LogP contribution < -0.4 is 0 Å². The Balaban J connectivity index is 2.34. The maximum atomic E-state index is 12.2. The highest BCUT2D eigenvalue weighted by Gasteiger charge is 2.34. The van der Waals surface area contributed by atoms with Crippen molar-refractivity contribution in [2.75, 3.05) is 27.4 Å². The number of ether oxygens (including phenoxy) is 2. The third kappa shape index (κ3) is 5.21. The highest BCUT2D eigenvalue weighted by molar-refractivity contribution is 5.78. The Bertz CT molecular complexity index is 319. The van der Waals surface area contributed by atoms with E-state index in [-0.39, 0.29) is 23.8 Å². The van der Waals surface area contributed by atoms with Crippen LogP contribution in [0.5, 0.6) is 0 Å². The Morgan fingerprint density at radius 1 is 1.20 bits per heavy atom. The molecule has 5 heteroatoms. The molecule has 1 heterocycles. The second-order valence-electron chi connectivity index (χ2n) is 5.35. The van der Waals surface area contributed by atoms with Crippen molar-refractivity contribution >= 4 is 11.7 Å². The quantitative estimate of drug-likeness (QED) is 0.606. The van der Waals surface area contributed by atoms with Crippen LogP contribution in [0, 0.1) is 0 Å². The van der Waals surface area contributed by atoms with Gasteiger partial charge in [0.2, 0.25) is 5.91 Å². The number of carbonyl (C=O) groups excluding carboxylic acids is 2. The Labute approximate surface area is 121 Å². The molecule has 1 amide bonds. The van der Waals surface area contributed by atoms with E-state index in [0.717, 1.165) is 19.3 Å². The number of Topliss-reactive ketones (excluding diaryl/α,β-unsaturated/α-hetero) is 1. The maximum Gasteiger partial charge on any atom is 0.222 e. The molecule has 1 fully saturated rings. The minimum atomic E-state index is 0.112. The van der Waals surface area contributed by atoms with Gasteiger partial charge in [-0.05, 0) is 19.3 Å². The van der Waals surface area contributed by atoms with E-state index in [1.165, 1.54) is 0 Å². The summed E-state index contributed by atoms with van der Waals surface area (Å²) in [5.41, 5.74) is 0. The number of nitrogens with zero attached hydrogens (tertiary/aromatic N) is 1. The van der Waals surface area contributed by atoms with Crippen molar-refractivity contribution < 1.29 is 19.1 Å². The highest BCUT2D eigenvalue weighted by Crippen LogP contribution is 2.21. The van der Waals surface area contributed by atoms with Crippen LogP contribution >= 0.6 is 0 Å². The van der Waals surface area contributed by atoms with Gasteiger partial charge in [0.15, 0.2) is 0 Å². The molecule has 0 unspecified atom stereocenters. The van der Waals surface area contributed by atoms with E-state index in [0.29, 0.717) is 32.4 Å². The van der Waals surface area contributed by atoms with Gasteiger partial charge < -0.3 is 14.4 Å². The Hall–Kier alpha value is -0.940. The zero-order chi connectivity index (χ0) is 15.0. The average molecular weight is 285 g/mol. The summed E-state index contributed by atoms with van der Waals surface area (Å²) in [4.78, 5) is 25.3. The maximum absolute atomic E-state index is 12.2. The van der Waals surface area contributed by atoms with E-state index in [1.54, 1.807) is 14.2 Å². The van der Waals surface area contributed by atoms with Crippen molar-refractivity contribution in [1.82, 2.24) is 4.90 Å². The summed E-state index contributed by atoms with van der Waals surface area (Å²) in [7, 11) is 3.33. The van der Waals surface area contributed by atoms with Crippen LogP contribution in [0.25, 0.3) is 0 Å². The smallest absolute Gasteiger partial charge is 0.222 e. The SMILES string of the molecule is CCC(=O)CCCCC(=O)N1C[C@@H](OC)C[C@@H]1COC. The number of rotatable bonds is 9. The first-order chi connectivity index (χ1) is 9.62. The van der Waals surface area contributed by atoms with Gasteiger partial charge in [0.05, 0.1) is 18.8 Å². The van der Waals surface area contributed by atoms with Crippen LogP contribution in [0.4, 0.5) is 0 Å². The first-order valence-electron chi connectivity index (χ1n) is 7.45. The predicted molar refractivity (Wildman–Crippen MR) is 76.6 cm³/mol. The number of amides is 1. The molecular formula is C15H27NO4. The molecule has 0 saturated carbocycles. The van der Waals surface area contributed by atoms with Gasteiger partial charge in [0.1, 0.15) is 5.78 Å². The summed E-state index contributed by atoms with van der Waals surface area (Å²) in [5.74, 6) is 0.422. The second kappa shape index (κ2) is 9.08. The fraction of sp³-hybridized carbons (Fsp3) is 0.867. The van der Waals surface area contributed by atoms with Gasteiger partial charge in [-0.15, -0.1) is 0 Å². The number of likely N-dealkylation sites (tertiary alicyclic amines) is 1. The third-order valence-corrected chi connectivity index (χ3v) is 3.88. The lowest BCUT2D eigenvalue weighted by Crippen LogP contribution is -2.38. The molecule has 2 atom stereocenters. The van der Waals surface area contributed by atoms with Gasteiger partial charge in [-0.3, -0.25) is 9.59 Å². The Kier molecular flexibility index (Phi) is 7.77. The number of carbonyl (C=O) groups is 2. The fourth-order valence-electron chi connectivity index (χ4n) is 2.62. The second-order valence-corrected chi connectivity index (χ2v) is 5.35. The average Bonchev–Trinajstić information content (AvgIpc) is 2.86. The molecule has 1 aliphatic rings. The minimum absolute atomic E-state index is 0.112. The van der Waals surface area contributed by atoms with E-state index in [9.17, 15) is 9.59 Å². The zero-order valence-corrected chi connectivity index (χ0v) is 12.9. The van der Waals surface area contributed by atoms with Gasteiger partial charge in [0.25, 0.3) is 0 Å². The lowest BCUT2D eigenvalue weighted by Gasteiger charge is -2.23. The first kappa shape index (κ1) is 17.1. The van der Waals surface area contributed by atoms with Crippen molar-refractivity contribution in [2.45, 2.75) is 57.6 Å². The molecule has 1 saturated heterocycles. The van der Waals surface area contributed by atoms with Gasteiger partial charge in [-0.1, -0.05) is 6.92 Å². The van der Waals surface area contributed by atoms with Crippen molar-refractivity contribution in [2.24, 2.45) is 0 Å².